The number of pyridine rings is 1. The molecule has 0 aromatic carbocycles. The average molecular weight is 235 g/mol. The van der Waals surface area contributed by atoms with Crippen LogP contribution in [0, 0.1) is 5.92 Å². The molecule has 1 aromatic heterocycles. The lowest BCUT2D eigenvalue weighted by molar-refractivity contribution is -0.122. The summed E-state index contributed by atoms with van der Waals surface area (Å²) < 4.78 is 0. The molecule has 0 radical (unpaired) electrons. The number of nitrogens with one attached hydrogen (secondary N) is 1. The molecule has 17 heavy (non-hydrogen) atoms. The van der Waals surface area contributed by atoms with Gasteiger partial charge in [0.2, 0.25) is 5.91 Å². The van der Waals surface area contributed by atoms with Crippen LogP contribution in [0.15, 0.2) is 24.5 Å². The molecule has 3 N–H and O–H groups in total. The molecule has 0 fully saturated rings. The van der Waals surface area contributed by atoms with Gasteiger partial charge in [0.25, 0.3) is 0 Å². The fourth-order valence-corrected chi connectivity index (χ4v) is 1.52. The van der Waals surface area contributed by atoms with Crippen LogP contribution in [-0.4, -0.2) is 17.4 Å². The summed E-state index contributed by atoms with van der Waals surface area (Å²) in [5.74, 6) is 0.469. The van der Waals surface area contributed by atoms with Gasteiger partial charge in [-0.2, -0.15) is 0 Å². The van der Waals surface area contributed by atoms with Gasteiger partial charge in [-0.25, -0.2) is 0 Å². The zero-order valence-corrected chi connectivity index (χ0v) is 10.5. The Labute approximate surface area is 103 Å². The molecule has 2 atom stereocenters. The fraction of sp³-hybridized carbons (Fsp3) is 0.538. The molecule has 0 saturated heterocycles. The number of amides is 1. The van der Waals surface area contributed by atoms with E-state index in [1.807, 2.05) is 19.1 Å². The highest BCUT2D eigenvalue weighted by Gasteiger charge is 2.10. The van der Waals surface area contributed by atoms with Crippen molar-refractivity contribution in [2.24, 2.45) is 11.7 Å². The van der Waals surface area contributed by atoms with Gasteiger partial charge < -0.3 is 11.1 Å². The molecule has 4 heteroatoms. The number of hydrogen-bond donors (Lipinski definition) is 2. The third-order valence-corrected chi connectivity index (χ3v) is 2.83. The van der Waals surface area contributed by atoms with Gasteiger partial charge in [-0.05, 0) is 37.4 Å². The van der Waals surface area contributed by atoms with Crippen LogP contribution < -0.4 is 11.1 Å². The van der Waals surface area contributed by atoms with E-state index in [2.05, 4.69) is 17.2 Å². The third kappa shape index (κ3) is 4.95. The Balaban J connectivity index is 2.36. The Kier molecular flexibility index (Phi) is 5.63. The highest BCUT2D eigenvalue weighted by molar-refractivity contribution is 5.76. The van der Waals surface area contributed by atoms with Crippen LogP contribution in [0.3, 0.4) is 0 Å². The van der Waals surface area contributed by atoms with E-state index in [0.717, 1.165) is 12.0 Å². The number of nitrogens with two attached hydrogens (primary N) is 1. The topological polar surface area (TPSA) is 68.0 Å². The SMILES string of the molecule is CC(CN)CCC(=O)N[C@H](C)c1cccnc1. The van der Waals surface area contributed by atoms with Crippen molar-refractivity contribution in [1.82, 2.24) is 10.3 Å². The first-order valence-corrected chi connectivity index (χ1v) is 6.02. The van der Waals surface area contributed by atoms with Crippen LogP contribution in [0.2, 0.25) is 0 Å². The molecule has 1 rings (SSSR count). The zero-order valence-electron chi connectivity index (χ0n) is 10.5. The standard InChI is InChI=1S/C13H21N3O/c1-10(8-14)5-6-13(17)16-11(2)12-4-3-7-15-9-12/h3-4,7,9-11H,5-6,8,14H2,1-2H3,(H,16,17)/t10?,11-/m1/s1. The van der Waals surface area contributed by atoms with E-state index in [-0.39, 0.29) is 11.9 Å². The van der Waals surface area contributed by atoms with Crippen molar-refractivity contribution in [3.63, 3.8) is 0 Å². The van der Waals surface area contributed by atoms with Gasteiger partial charge in [-0.3, -0.25) is 9.78 Å². The second-order valence-corrected chi connectivity index (χ2v) is 4.46. The van der Waals surface area contributed by atoms with Gasteiger partial charge in [0.1, 0.15) is 0 Å². The van der Waals surface area contributed by atoms with Crippen molar-refractivity contribution in [1.29, 1.82) is 0 Å². The van der Waals surface area contributed by atoms with Crippen molar-refractivity contribution in [2.75, 3.05) is 6.54 Å². The molecule has 1 heterocycles. The lowest BCUT2D eigenvalue weighted by Gasteiger charge is -2.14. The predicted octanol–water partition coefficient (Wildman–Crippen LogP) is 1.63. The summed E-state index contributed by atoms with van der Waals surface area (Å²) in [4.78, 5) is 15.7. The quantitative estimate of drug-likeness (QED) is 0.787. The normalized spacial score (nSPS) is 14.1. The molecule has 1 unspecified atom stereocenters. The van der Waals surface area contributed by atoms with Gasteiger partial charge in [-0.1, -0.05) is 13.0 Å². The summed E-state index contributed by atoms with van der Waals surface area (Å²) in [6.07, 6.45) is 4.86. The number of hydrogen-bond acceptors (Lipinski definition) is 3. The molecule has 1 amide bonds. The van der Waals surface area contributed by atoms with Crippen molar-refractivity contribution >= 4 is 5.91 Å². The molecular formula is C13H21N3O. The van der Waals surface area contributed by atoms with E-state index in [4.69, 9.17) is 5.73 Å². The number of rotatable bonds is 6. The molecule has 0 aliphatic rings. The highest BCUT2D eigenvalue weighted by Crippen LogP contribution is 2.11. The number of carbonyl (C=O) groups excluding carboxylic acids is 1. The molecule has 0 aliphatic carbocycles. The fourth-order valence-electron chi connectivity index (χ4n) is 1.52. The minimum atomic E-state index is 0.00406. The molecule has 1 aromatic rings. The number of nitrogens with zero attached hydrogens (tertiary/aromatic N) is 1. The molecule has 0 saturated carbocycles. The molecule has 94 valence electrons. The Morgan fingerprint density at radius 2 is 2.29 bits per heavy atom. The van der Waals surface area contributed by atoms with Crippen LogP contribution in [-0.2, 0) is 4.79 Å². The van der Waals surface area contributed by atoms with Crippen molar-refractivity contribution in [3.05, 3.63) is 30.1 Å². The average Bonchev–Trinajstić information content (AvgIpc) is 2.36. The summed E-state index contributed by atoms with van der Waals surface area (Å²) in [6, 6.07) is 3.83. The lowest BCUT2D eigenvalue weighted by Crippen LogP contribution is -2.27. The summed E-state index contributed by atoms with van der Waals surface area (Å²) in [6.45, 7) is 4.64. The zero-order chi connectivity index (χ0) is 12.7. The van der Waals surface area contributed by atoms with Crippen LogP contribution in [0.4, 0.5) is 0 Å². The first-order valence-electron chi connectivity index (χ1n) is 6.02. The van der Waals surface area contributed by atoms with Crippen LogP contribution in [0.5, 0.6) is 0 Å². The Morgan fingerprint density at radius 1 is 1.53 bits per heavy atom. The van der Waals surface area contributed by atoms with Crippen LogP contribution >= 0.6 is 0 Å². The second-order valence-electron chi connectivity index (χ2n) is 4.46. The third-order valence-electron chi connectivity index (χ3n) is 2.83. The lowest BCUT2D eigenvalue weighted by atomic mass is 10.1. The number of aromatic nitrogens is 1. The van der Waals surface area contributed by atoms with E-state index in [0.29, 0.717) is 18.9 Å². The van der Waals surface area contributed by atoms with Gasteiger partial charge in [0.15, 0.2) is 0 Å². The monoisotopic (exact) mass is 235 g/mol. The van der Waals surface area contributed by atoms with Crippen molar-refractivity contribution in [3.8, 4) is 0 Å². The first-order chi connectivity index (χ1) is 8.13. The maximum Gasteiger partial charge on any atom is 0.220 e. The van der Waals surface area contributed by atoms with Gasteiger partial charge in [0.05, 0.1) is 6.04 Å². The maximum absolute atomic E-state index is 11.7. The van der Waals surface area contributed by atoms with E-state index < -0.39 is 0 Å². The molecule has 0 aliphatic heterocycles. The van der Waals surface area contributed by atoms with E-state index in [1.165, 1.54) is 0 Å². The summed E-state index contributed by atoms with van der Waals surface area (Å²) in [5, 5.41) is 2.96. The van der Waals surface area contributed by atoms with Gasteiger partial charge in [-0.15, -0.1) is 0 Å². The van der Waals surface area contributed by atoms with E-state index in [9.17, 15) is 4.79 Å². The largest absolute Gasteiger partial charge is 0.350 e. The van der Waals surface area contributed by atoms with Gasteiger partial charge in [0, 0.05) is 18.8 Å². The minimum absolute atomic E-state index is 0.00406. The second kappa shape index (κ2) is 7.01. The van der Waals surface area contributed by atoms with Crippen molar-refractivity contribution in [2.45, 2.75) is 32.7 Å². The van der Waals surface area contributed by atoms with E-state index in [1.54, 1.807) is 12.4 Å². The summed E-state index contributed by atoms with van der Waals surface area (Å²) in [7, 11) is 0. The Bertz CT molecular complexity index is 340. The van der Waals surface area contributed by atoms with E-state index >= 15 is 0 Å². The van der Waals surface area contributed by atoms with Crippen LogP contribution in [0.25, 0.3) is 0 Å². The Morgan fingerprint density at radius 3 is 2.88 bits per heavy atom. The molecule has 4 nitrogen and oxygen atoms in total. The Hall–Kier alpha value is -1.42. The number of carbonyl (C=O) groups is 1. The van der Waals surface area contributed by atoms with Crippen molar-refractivity contribution < 1.29 is 4.79 Å². The molecular weight excluding hydrogens is 214 g/mol. The first kappa shape index (κ1) is 13.6. The molecule has 0 bridgehead atoms. The highest BCUT2D eigenvalue weighted by atomic mass is 16.1. The maximum atomic E-state index is 11.7. The predicted molar refractivity (Wildman–Crippen MR) is 68.2 cm³/mol. The smallest absolute Gasteiger partial charge is 0.220 e. The van der Waals surface area contributed by atoms with Crippen LogP contribution in [0.1, 0.15) is 38.3 Å². The minimum Gasteiger partial charge on any atom is -0.350 e. The molecule has 0 spiro atoms. The summed E-state index contributed by atoms with van der Waals surface area (Å²) in [5.41, 5.74) is 6.53. The summed E-state index contributed by atoms with van der Waals surface area (Å²) >= 11 is 0. The van der Waals surface area contributed by atoms with Gasteiger partial charge >= 0.3 is 0 Å².